The fraction of sp³-hybridized carbons (Fsp3) is 0.647. The molecule has 3 nitrogen and oxygen atoms in total. The Morgan fingerprint density at radius 1 is 1.14 bits per heavy atom. The second kappa shape index (κ2) is 6.93. The van der Waals surface area contributed by atoms with E-state index in [4.69, 9.17) is 0 Å². The predicted octanol–water partition coefficient (Wildman–Crippen LogP) is 4.15. The molecule has 4 heteroatoms. The van der Waals surface area contributed by atoms with Gasteiger partial charge in [-0.05, 0) is 42.9 Å². The second-order valence-corrected chi connectivity index (χ2v) is 8.19. The molecule has 0 bridgehead atoms. The van der Waals surface area contributed by atoms with Crippen LogP contribution in [0.2, 0.25) is 0 Å². The van der Waals surface area contributed by atoms with Crippen LogP contribution in [0.3, 0.4) is 0 Å². The van der Waals surface area contributed by atoms with E-state index in [1.807, 2.05) is 12.1 Å². The number of hydrogen-bond donors (Lipinski definition) is 0. The molecule has 0 aliphatic heterocycles. The standard InChI is InChI=1S/C17H27NO2S/c1-4-14(2)15-10-12-17(13-11-15)21(19,20)18(3)16-8-6-5-7-9-16/h10-14,16H,4-9H2,1-3H3. The highest BCUT2D eigenvalue weighted by molar-refractivity contribution is 7.89. The first kappa shape index (κ1) is 16.5. The van der Waals surface area contributed by atoms with Gasteiger partial charge in [0.05, 0.1) is 4.90 Å². The SMILES string of the molecule is CCC(C)c1ccc(S(=O)(=O)N(C)C2CCCCC2)cc1. The molecule has 1 atom stereocenters. The summed E-state index contributed by atoms with van der Waals surface area (Å²) < 4.78 is 27.0. The Hall–Kier alpha value is -0.870. The van der Waals surface area contributed by atoms with Crippen LogP contribution in [0.25, 0.3) is 0 Å². The molecule has 118 valence electrons. The summed E-state index contributed by atoms with van der Waals surface area (Å²) in [5.74, 6) is 0.470. The Balaban J connectivity index is 2.18. The Kier molecular flexibility index (Phi) is 5.44. The molecule has 0 spiro atoms. The van der Waals surface area contributed by atoms with Crippen molar-refractivity contribution in [1.82, 2.24) is 4.31 Å². The van der Waals surface area contributed by atoms with Crippen LogP contribution in [0.15, 0.2) is 29.2 Å². The smallest absolute Gasteiger partial charge is 0.207 e. The average Bonchev–Trinajstić information content (AvgIpc) is 2.54. The van der Waals surface area contributed by atoms with Crippen LogP contribution >= 0.6 is 0 Å². The summed E-state index contributed by atoms with van der Waals surface area (Å²) in [6.07, 6.45) is 6.54. The summed E-state index contributed by atoms with van der Waals surface area (Å²) in [4.78, 5) is 0.419. The average molecular weight is 309 g/mol. The first-order valence-corrected chi connectivity index (χ1v) is 9.48. The highest BCUT2D eigenvalue weighted by Gasteiger charge is 2.28. The van der Waals surface area contributed by atoms with Gasteiger partial charge in [0.15, 0.2) is 0 Å². The van der Waals surface area contributed by atoms with Gasteiger partial charge in [-0.1, -0.05) is 45.2 Å². The maximum Gasteiger partial charge on any atom is 0.243 e. The van der Waals surface area contributed by atoms with Gasteiger partial charge in [0.2, 0.25) is 10.0 Å². The second-order valence-electron chi connectivity index (χ2n) is 6.19. The first-order chi connectivity index (χ1) is 9.96. The lowest BCUT2D eigenvalue weighted by Gasteiger charge is -2.30. The van der Waals surface area contributed by atoms with Gasteiger partial charge in [-0.3, -0.25) is 0 Å². The summed E-state index contributed by atoms with van der Waals surface area (Å²) in [7, 11) is -1.62. The summed E-state index contributed by atoms with van der Waals surface area (Å²) in [5.41, 5.74) is 1.21. The summed E-state index contributed by atoms with van der Waals surface area (Å²) in [5, 5.41) is 0. The largest absolute Gasteiger partial charge is 0.243 e. The van der Waals surface area contributed by atoms with Crippen molar-refractivity contribution in [2.24, 2.45) is 0 Å². The molecular weight excluding hydrogens is 282 g/mol. The Labute approximate surface area is 129 Å². The van der Waals surface area contributed by atoms with Gasteiger partial charge in [-0.2, -0.15) is 4.31 Å². The van der Waals surface area contributed by atoms with Gasteiger partial charge >= 0.3 is 0 Å². The molecular formula is C17H27NO2S. The van der Waals surface area contributed by atoms with Crippen molar-refractivity contribution in [2.75, 3.05) is 7.05 Å². The number of benzene rings is 1. The zero-order valence-electron chi connectivity index (χ0n) is 13.4. The minimum absolute atomic E-state index is 0.165. The maximum atomic E-state index is 12.7. The molecule has 0 saturated heterocycles. The zero-order valence-corrected chi connectivity index (χ0v) is 14.2. The van der Waals surface area contributed by atoms with Gasteiger partial charge in [0.1, 0.15) is 0 Å². The van der Waals surface area contributed by atoms with E-state index in [1.165, 1.54) is 12.0 Å². The third-order valence-electron chi connectivity index (χ3n) is 4.83. The minimum Gasteiger partial charge on any atom is -0.207 e. The lowest BCUT2D eigenvalue weighted by atomic mass is 9.96. The molecule has 1 aliphatic carbocycles. The Morgan fingerprint density at radius 3 is 2.24 bits per heavy atom. The van der Waals surface area contributed by atoms with E-state index in [0.29, 0.717) is 10.8 Å². The van der Waals surface area contributed by atoms with Gasteiger partial charge in [0, 0.05) is 13.1 Å². The molecule has 1 saturated carbocycles. The van der Waals surface area contributed by atoms with Crippen molar-refractivity contribution in [3.63, 3.8) is 0 Å². The number of nitrogens with zero attached hydrogens (tertiary/aromatic N) is 1. The normalized spacial score (nSPS) is 18.9. The molecule has 1 aromatic rings. The number of hydrogen-bond acceptors (Lipinski definition) is 2. The molecule has 0 heterocycles. The lowest BCUT2D eigenvalue weighted by Crippen LogP contribution is -2.38. The minimum atomic E-state index is -3.35. The zero-order chi connectivity index (χ0) is 15.5. The van der Waals surface area contributed by atoms with Crippen LogP contribution in [-0.2, 0) is 10.0 Å². The molecule has 0 amide bonds. The lowest BCUT2D eigenvalue weighted by molar-refractivity contribution is 0.286. The first-order valence-electron chi connectivity index (χ1n) is 8.04. The van der Waals surface area contributed by atoms with E-state index < -0.39 is 10.0 Å². The van der Waals surface area contributed by atoms with Crippen molar-refractivity contribution >= 4 is 10.0 Å². The van der Waals surface area contributed by atoms with Crippen LogP contribution in [0.1, 0.15) is 63.9 Å². The van der Waals surface area contributed by atoms with Crippen molar-refractivity contribution in [1.29, 1.82) is 0 Å². The van der Waals surface area contributed by atoms with Crippen LogP contribution < -0.4 is 0 Å². The Morgan fingerprint density at radius 2 is 1.71 bits per heavy atom. The van der Waals surface area contributed by atoms with Crippen molar-refractivity contribution in [3.05, 3.63) is 29.8 Å². The number of rotatable bonds is 5. The molecule has 0 N–H and O–H groups in total. The predicted molar refractivity (Wildman–Crippen MR) is 87.0 cm³/mol. The van der Waals surface area contributed by atoms with E-state index in [0.717, 1.165) is 32.1 Å². The fourth-order valence-corrected chi connectivity index (χ4v) is 4.43. The van der Waals surface area contributed by atoms with Gasteiger partial charge in [-0.15, -0.1) is 0 Å². The molecule has 0 radical (unpaired) electrons. The monoisotopic (exact) mass is 309 g/mol. The molecule has 21 heavy (non-hydrogen) atoms. The number of sulfonamides is 1. The highest BCUT2D eigenvalue weighted by atomic mass is 32.2. The third-order valence-corrected chi connectivity index (χ3v) is 6.75. The van der Waals surface area contributed by atoms with Crippen molar-refractivity contribution in [3.8, 4) is 0 Å². The van der Waals surface area contributed by atoms with E-state index in [9.17, 15) is 8.42 Å². The van der Waals surface area contributed by atoms with E-state index in [-0.39, 0.29) is 6.04 Å². The van der Waals surface area contributed by atoms with Crippen LogP contribution in [0.5, 0.6) is 0 Å². The van der Waals surface area contributed by atoms with Crippen molar-refractivity contribution in [2.45, 2.75) is 69.2 Å². The maximum absolute atomic E-state index is 12.7. The van der Waals surface area contributed by atoms with E-state index in [1.54, 1.807) is 23.5 Å². The topological polar surface area (TPSA) is 37.4 Å². The van der Waals surface area contributed by atoms with Gasteiger partial charge < -0.3 is 0 Å². The molecule has 0 aromatic heterocycles. The van der Waals surface area contributed by atoms with Crippen LogP contribution in [0, 0.1) is 0 Å². The molecule has 1 aromatic carbocycles. The van der Waals surface area contributed by atoms with Gasteiger partial charge in [0.25, 0.3) is 0 Å². The third kappa shape index (κ3) is 3.67. The molecule has 1 aliphatic rings. The van der Waals surface area contributed by atoms with Crippen LogP contribution in [-0.4, -0.2) is 25.8 Å². The van der Waals surface area contributed by atoms with E-state index >= 15 is 0 Å². The van der Waals surface area contributed by atoms with Crippen LogP contribution in [0.4, 0.5) is 0 Å². The summed E-state index contributed by atoms with van der Waals surface area (Å²) in [6, 6.07) is 7.59. The van der Waals surface area contributed by atoms with Crippen molar-refractivity contribution < 1.29 is 8.42 Å². The molecule has 2 rings (SSSR count). The van der Waals surface area contributed by atoms with Gasteiger partial charge in [-0.25, -0.2) is 8.42 Å². The summed E-state index contributed by atoms with van der Waals surface area (Å²) in [6.45, 7) is 4.31. The molecule has 1 fully saturated rings. The van der Waals surface area contributed by atoms with E-state index in [2.05, 4.69) is 13.8 Å². The quantitative estimate of drug-likeness (QED) is 0.819. The fourth-order valence-electron chi connectivity index (χ4n) is 3.01. The Bertz CT molecular complexity index is 545. The summed E-state index contributed by atoms with van der Waals surface area (Å²) >= 11 is 0. The highest BCUT2D eigenvalue weighted by Crippen LogP contribution is 2.27. The molecule has 1 unspecified atom stereocenters.